The highest BCUT2D eigenvalue weighted by Crippen LogP contribution is 2.32. The van der Waals surface area contributed by atoms with Crippen LogP contribution in [0.15, 0.2) is 59.5 Å². The van der Waals surface area contributed by atoms with Gasteiger partial charge in [-0.2, -0.15) is 5.10 Å². The van der Waals surface area contributed by atoms with Crippen LogP contribution in [0.5, 0.6) is 0 Å². The van der Waals surface area contributed by atoms with Crippen molar-refractivity contribution >= 4 is 16.7 Å². The van der Waals surface area contributed by atoms with Gasteiger partial charge in [0.15, 0.2) is 0 Å². The number of hydrogen-bond donors (Lipinski definition) is 2. The Balaban J connectivity index is 1.60. The maximum Gasteiger partial charge on any atom is 0.250 e. The van der Waals surface area contributed by atoms with Crippen molar-refractivity contribution in [1.82, 2.24) is 29.9 Å². The summed E-state index contributed by atoms with van der Waals surface area (Å²) in [6.45, 7) is 0. The van der Waals surface area contributed by atoms with Gasteiger partial charge in [-0.05, 0) is 18.2 Å². The Hall–Kier alpha value is -3.94. The zero-order chi connectivity index (χ0) is 18.4. The standard InChI is InChI=1S/C19H15N7O/c1-26-10-12(8-23-26)11-6-14-15(9-22-17(14)21-7-11)19-25-24-18(27-19)13-4-2-3-5-16(13)20/h2-10H,20H2,1H3,(H,21,22). The molecule has 0 radical (unpaired) electrons. The Morgan fingerprint density at radius 3 is 2.63 bits per heavy atom. The number of rotatable bonds is 3. The van der Waals surface area contributed by atoms with Gasteiger partial charge in [-0.3, -0.25) is 4.68 Å². The lowest BCUT2D eigenvalue weighted by Gasteiger charge is -1.99. The first-order valence-electron chi connectivity index (χ1n) is 8.34. The molecule has 27 heavy (non-hydrogen) atoms. The fourth-order valence-corrected chi connectivity index (χ4v) is 3.04. The second-order valence-corrected chi connectivity index (χ2v) is 6.22. The molecule has 5 aromatic rings. The van der Waals surface area contributed by atoms with Gasteiger partial charge in [0.05, 0.1) is 17.3 Å². The third kappa shape index (κ3) is 2.54. The van der Waals surface area contributed by atoms with Crippen molar-refractivity contribution in [2.75, 3.05) is 5.73 Å². The summed E-state index contributed by atoms with van der Waals surface area (Å²) in [4.78, 5) is 7.64. The Labute approximate surface area is 153 Å². The molecule has 8 nitrogen and oxygen atoms in total. The molecule has 0 unspecified atom stereocenters. The van der Waals surface area contributed by atoms with E-state index in [1.165, 1.54) is 0 Å². The summed E-state index contributed by atoms with van der Waals surface area (Å²) in [5.74, 6) is 0.790. The van der Waals surface area contributed by atoms with Crippen molar-refractivity contribution in [3.05, 3.63) is 55.1 Å². The van der Waals surface area contributed by atoms with E-state index < -0.39 is 0 Å². The summed E-state index contributed by atoms with van der Waals surface area (Å²) in [6, 6.07) is 9.43. The minimum absolute atomic E-state index is 0.383. The average Bonchev–Trinajstić information content (AvgIpc) is 3.40. The van der Waals surface area contributed by atoms with E-state index in [2.05, 4.69) is 25.3 Å². The van der Waals surface area contributed by atoms with Crippen LogP contribution >= 0.6 is 0 Å². The SMILES string of the molecule is Cn1cc(-c2cnc3[nH]cc(-c4nnc(-c5ccccc5N)o4)c3c2)cn1. The molecule has 0 saturated carbocycles. The predicted molar refractivity (Wildman–Crippen MR) is 101 cm³/mol. The maximum absolute atomic E-state index is 6.01. The summed E-state index contributed by atoms with van der Waals surface area (Å²) in [5.41, 5.74) is 10.8. The normalized spacial score (nSPS) is 11.3. The van der Waals surface area contributed by atoms with Crippen molar-refractivity contribution in [2.24, 2.45) is 7.05 Å². The zero-order valence-corrected chi connectivity index (χ0v) is 14.4. The second-order valence-electron chi connectivity index (χ2n) is 6.22. The second kappa shape index (κ2) is 5.80. The Morgan fingerprint density at radius 1 is 1.04 bits per heavy atom. The molecule has 4 aromatic heterocycles. The van der Waals surface area contributed by atoms with E-state index in [0.29, 0.717) is 23.0 Å². The first kappa shape index (κ1) is 15.3. The van der Waals surface area contributed by atoms with Gasteiger partial charge in [-0.25, -0.2) is 4.98 Å². The van der Waals surface area contributed by atoms with E-state index >= 15 is 0 Å². The molecule has 0 aliphatic heterocycles. The van der Waals surface area contributed by atoms with Gasteiger partial charge in [0.1, 0.15) is 5.65 Å². The highest BCUT2D eigenvalue weighted by atomic mass is 16.4. The minimum atomic E-state index is 0.383. The predicted octanol–water partition coefficient (Wildman–Crippen LogP) is 3.26. The van der Waals surface area contributed by atoms with Crippen molar-refractivity contribution in [3.63, 3.8) is 0 Å². The number of nitrogens with two attached hydrogens (primary N) is 1. The van der Waals surface area contributed by atoms with E-state index in [9.17, 15) is 0 Å². The number of H-pyrrole nitrogens is 1. The molecule has 0 fully saturated rings. The van der Waals surface area contributed by atoms with Gasteiger partial charge >= 0.3 is 0 Å². The van der Waals surface area contributed by atoms with Gasteiger partial charge < -0.3 is 15.1 Å². The van der Waals surface area contributed by atoms with Crippen molar-refractivity contribution in [3.8, 4) is 34.0 Å². The van der Waals surface area contributed by atoms with E-state index in [1.807, 2.05) is 49.9 Å². The number of anilines is 1. The number of para-hydroxylation sites is 1. The van der Waals surface area contributed by atoms with Crippen LogP contribution in [-0.2, 0) is 7.05 Å². The topological polar surface area (TPSA) is 111 Å². The van der Waals surface area contributed by atoms with E-state index in [1.54, 1.807) is 16.9 Å². The van der Waals surface area contributed by atoms with Crippen LogP contribution in [0.3, 0.4) is 0 Å². The summed E-state index contributed by atoms with van der Waals surface area (Å²) in [7, 11) is 1.88. The number of hydrogen-bond acceptors (Lipinski definition) is 6. The molecule has 0 atom stereocenters. The molecule has 4 heterocycles. The molecule has 1 aromatic carbocycles. The largest absolute Gasteiger partial charge is 0.416 e. The number of nitrogens with zero attached hydrogens (tertiary/aromatic N) is 5. The van der Waals surface area contributed by atoms with Crippen molar-refractivity contribution < 1.29 is 4.42 Å². The lowest BCUT2D eigenvalue weighted by Crippen LogP contribution is -1.88. The van der Waals surface area contributed by atoms with Crippen molar-refractivity contribution in [2.45, 2.75) is 0 Å². The molecule has 0 bridgehead atoms. The molecule has 132 valence electrons. The van der Waals surface area contributed by atoms with Gasteiger partial charge in [-0.15, -0.1) is 10.2 Å². The zero-order valence-electron chi connectivity index (χ0n) is 14.4. The van der Waals surface area contributed by atoms with Crippen LogP contribution in [0.4, 0.5) is 5.69 Å². The maximum atomic E-state index is 6.01. The summed E-state index contributed by atoms with van der Waals surface area (Å²) in [5, 5.41) is 13.5. The molecule has 5 rings (SSSR count). The molecule has 0 amide bonds. The lowest BCUT2D eigenvalue weighted by molar-refractivity contribution is 0.585. The van der Waals surface area contributed by atoms with Crippen molar-refractivity contribution in [1.29, 1.82) is 0 Å². The number of aromatic amines is 1. The average molecular weight is 357 g/mol. The monoisotopic (exact) mass is 357 g/mol. The number of benzene rings is 1. The van der Waals surface area contributed by atoms with Crippen LogP contribution < -0.4 is 5.73 Å². The number of pyridine rings is 1. The molecule has 0 saturated heterocycles. The quantitative estimate of drug-likeness (QED) is 0.479. The van der Waals surface area contributed by atoms with Crippen LogP contribution in [0, 0.1) is 0 Å². The van der Waals surface area contributed by atoms with Crippen LogP contribution in [-0.4, -0.2) is 29.9 Å². The molecule has 3 N–H and O–H groups in total. The molecule has 8 heteroatoms. The number of nitrogens with one attached hydrogen (secondary N) is 1. The van der Waals surface area contributed by atoms with Crippen LogP contribution in [0.1, 0.15) is 0 Å². The summed E-state index contributed by atoms with van der Waals surface area (Å²) < 4.78 is 7.64. The summed E-state index contributed by atoms with van der Waals surface area (Å²) >= 11 is 0. The molecular weight excluding hydrogens is 342 g/mol. The lowest BCUT2D eigenvalue weighted by atomic mass is 10.1. The first-order chi connectivity index (χ1) is 13.2. The highest BCUT2D eigenvalue weighted by molar-refractivity contribution is 5.93. The number of nitrogen functional groups attached to an aromatic ring is 1. The van der Waals surface area contributed by atoms with Gasteiger partial charge in [0, 0.05) is 47.8 Å². The number of aryl methyl sites for hydroxylation is 1. The smallest absolute Gasteiger partial charge is 0.250 e. The molecule has 0 aliphatic rings. The van der Waals surface area contributed by atoms with E-state index in [-0.39, 0.29) is 0 Å². The molecular formula is C19H15N7O. The van der Waals surface area contributed by atoms with Gasteiger partial charge in [0.2, 0.25) is 11.8 Å². The Kier molecular flexibility index (Phi) is 3.29. The van der Waals surface area contributed by atoms with Gasteiger partial charge in [-0.1, -0.05) is 12.1 Å². The van der Waals surface area contributed by atoms with Crippen LogP contribution in [0.25, 0.3) is 45.1 Å². The van der Waals surface area contributed by atoms with E-state index in [0.717, 1.165) is 27.7 Å². The summed E-state index contributed by atoms with van der Waals surface area (Å²) in [6.07, 6.45) is 7.37. The van der Waals surface area contributed by atoms with E-state index in [4.69, 9.17) is 10.2 Å². The highest BCUT2D eigenvalue weighted by Gasteiger charge is 2.17. The molecule has 0 aliphatic carbocycles. The first-order valence-corrected chi connectivity index (χ1v) is 8.34. The fraction of sp³-hybridized carbons (Fsp3) is 0.0526. The number of aromatic nitrogens is 6. The fourth-order valence-electron chi connectivity index (χ4n) is 3.04. The Morgan fingerprint density at radius 2 is 1.85 bits per heavy atom. The minimum Gasteiger partial charge on any atom is -0.416 e. The number of fused-ring (bicyclic) bond motifs is 1. The van der Waals surface area contributed by atoms with Gasteiger partial charge in [0.25, 0.3) is 0 Å². The molecule has 0 spiro atoms. The van der Waals surface area contributed by atoms with Crippen LogP contribution in [0.2, 0.25) is 0 Å². The third-order valence-corrected chi connectivity index (χ3v) is 4.42. The third-order valence-electron chi connectivity index (χ3n) is 4.42. The Bertz CT molecular complexity index is 1260.